The van der Waals surface area contributed by atoms with Crippen molar-refractivity contribution in [1.82, 2.24) is 4.98 Å². The van der Waals surface area contributed by atoms with E-state index in [4.69, 9.17) is 10.5 Å². The summed E-state index contributed by atoms with van der Waals surface area (Å²) in [5, 5.41) is 24.1. The monoisotopic (exact) mass is 339 g/mol. The summed E-state index contributed by atoms with van der Waals surface area (Å²) >= 11 is 0. The fraction of sp³-hybridized carbons (Fsp3) is 0. The zero-order valence-corrected chi connectivity index (χ0v) is 13.6. The van der Waals surface area contributed by atoms with E-state index in [0.29, 0.717) is 33.8 Å². The number of aromatic nitrogens is 1. The van der Waals surface area contributed by atoms with Crippen LogP contribution in [0, 0.1) is 22.7 Å². The molecule has 26 heavy (non-hydrogen) atoms. The molecule has 6 nitrogen and oxygen atoms in total. The van der Waals surface area contributed by atoms with Crippen molar-refractivity contribution in [3.63, 3.8) is 0 Å². The summed E-state index contributed by atoms with van der Waals surface area (Å²) < 4.78 is 0. The van der Waals surface area contributed by atoms with Gasteiger partial charge in [0.25, 0.3) is 5.91 Å². The molecule has 6 heteroatoms. The Kier molecular flexibility index (Phi) is 4.88. The Morgan fingerprint density at radius 2 is 1.50 bits per heavy atom. The molecule has 124 valence electrons. The largest absolute Gasteiger partial charge is 0.353 e. The van der Waals surface area contributed by atoms with Crippen LogP contribution in [0.25, 0.3) is 0 Å². The summed E-state index contributed by atoms with van der Waals surface area (Å²) in [5.41, 5.74) is 2.85. The van der Waals surface area contributed by atoms with Gasteiger partial charge in [0.05, 0.1) is 39.9 Å². The highest BCUT2D eigenvalue weighted by Gasteiger charge is 2.10. The first-order chi connectivity index (χ1) is 12.7. The predicted molar refractivity (Wildman–Crippen MR) is 97.8 cm³/mol. The number of nitrogens with one attached hydrogen (secondary N) is 2. The first-order valence-electron chi connectivity index (χ1n) is 7.73. The first kappa shape index (κ1) is 16.7. The van der Waals surface area contributed by atoms with E-state index in [9.17, 15) is 4.79 Å². The molecule has 1 aromatic heterocycles. The molecule has 0 spiro atoms. The molecular formula is C20H13N5O. The van der Waals surface area contributed by atoms with Crippen LogP contribution in [0.2, 0.25) is 0 Å². The molecule has 0 radical (unpaired) electrons. The fourth-order valence-corrected chi connectivity index (χ4v) is 2.36. The number of carbonyl (C=O) groups excluding carboxylic acids is 1. The summed E-state index contributed by atoms with van der Waals surface area (Å²) in [5.74, 6) is -0.377. The van der Waals surface area contributed by atoms with Crippen molar-refractivity contribution in [2.75, 3.05) is 10.6 Å². The van der Waals surface area contributed by atoms with Crippen molar-refractivity contribution in [3.8, 4) is 12.1 Å². The second-order valence-electron chi connectivity index (χ2n) is 5.36. The molecule has 0 aliphatic heterocycles. The highest BCUT2D eigenvalue weighted by atomic mass is 16.1. The van der Waals surface area contributed by atoms with Crippen molar-refractivity contribution in [3.05, 3.63) is 83.7 Å². The van der Waals surface area contributed by atoms with Gasteiger partial charge < -0.3 is 10.6 Å². The lowest BCUT2D eigenvalue weighted by atomic mass is 10.1. The van der Waals surface area contributed by atoms with Crippen LogP contribution in [0.5, 0.6) is 0 Å². The zero-order valence-electron chi connectivity index (χ0n) is 13.6. The molecule has 1 heterocycles. The van der Waals surface area contributed by atoms with E-state index in [2.05, 4.69) is 21.7 Å². The standard InChI is InChI=1S/C20H13N5O/c21-10-14-5-1-3-7-18(14)24-17-9-16(12-23-13-17)20(26)25-19-8-4-2-6-15(19)11-22/h1-9,12-13,24H,(H,25,26). The Balaban J connectivity index is 1.82. The minimum absolute atomic E-state index is 0.331. The van der Waals surface area contributed by atoms with Gasteiger partial charge in [-0.15, -0.1) is 0 Å². The number of rotatable bonds is 4. The quantitative estimate of drug-likeness (QED) is 0.752. The van der Waals surface area contributed by atoms with Gasteiger partial charge in [-0.1, -0.05) is 24.3 Å². The molecule has 3 rings (SSSR count). The number of pyridine rings is 1. The Hall–Kier alpha value is -4.16. The number of amides is 1. The molecular weight excluding hydrogens is 326 g/mol. The average Bonchev–Trinajstić information content (AvgIpc) is 2.69. The second kappa shape index (κ2) is 7.61. The van der Waals surface area contributed by atoms with Gasteiger partial charge >= 0.3 is 0 Å². The summed E-state index contributed by atoms with van der Waals surface area (Å²) in [6, 6.07) is 19.6. The van der Waals surface area contributed by atoms with Gasteiger partial charge in [0, 0.05) is 6.20 Å². The molecule has 0 atom stereocenters. The van der Waals surface area contributed by atoms with Crippen LogP contribution in [-0.4, -0.2) is 10.9 Å². The minimum Gasteiger partial charge on any atom is -0.353 e. The highest BCUT2D eigenvalue weighted by Crippen LogP contribution is 2.21. The maximum atomic E-state index is 12.5. The average molecular weight is 339 g/mol. The number of benzene rings is 2. The lowest BCUT2D eigenvalue weighted by Crippen LogP contribution is -2.13. The number of anilines is 3. The number of hydrogen-bond donors (Lipinski definition) is 2. The molecule has 0 aliphatic rings. The van der Waals surface area contributed by atoms with Crippen molar-refractivity contribution in [1.29, 1.82) is 10.5 Å². The van der Waals surface area contributed by atoms with E-state index < -0.39 is 0 Å². The van der Waals surface area contributed by atoms with Gasteiger partial charge in [0.1, 0.15) is 12.1 Å². The van der Waals surface area contributed by atoms with Crippen LogP contribution in [0.1, 0.15) is 21.5 Å². The van der Waals surface area contributed by atoms with E-state index >= 15 is 0 Å². The molecule has 0 unspecified atom stereocenters. The predicted octanol–water partition coefficient (Wildman–Crippen LogP) is 3.82. The number of nitrogens with zero attached hydrogens (tertiary/aromatic N) is 3. The highest BCUT2D eigenvalue weighted by molar-refractivity contribution is 6.05. The van der Waals surface area contributed by atoms with Crippen LogP contribution in [-0.2, 0) is 0 Å². The zero-order chi connectivity index (χ0) is 18.4. The number of hydrogen-bond acceptors (Lipinski definition) is 5. The van der Waals surface area contributed by atoms with Crippen LogP contribution in [0.4, 0.5) is 17.1 Å². The Labute approximate surface area is 150 Å². The second-order valence-corrected chi connectivity index (χ2v) is 5.36. The van der Waals surface area contributed by atoms with Crippen molar-refractivity contribution in [2.24, 2.45) is 0 Å². The van der Waals surface area contributed by atoms with Gasteiger partial charge in [-0.05, 0) is 30.3 Å². The third-order valence-electron chi connectivity index (χ3n) is 3.62. The smallest absolute Gasteiger partial charge is 0.257 e. The van der Waals surface area contributed by atoms with Crippen LogP contribution in [0.3, 0.4) is 0 Å². The van der Waals surface area contributed by atoms with Crippen molar-refractivity contribution < 1.29 is 4.79 Å². The number of carbonyl (C=O) groups is 1. The summed E-state index contributed by atoms with van der Waals surface area (Å²) in [4.78, 5) is 16.5. The maximum absolute atomic E-state index is 12.5. The van der Waals surface area contributed by atoms with Crippen LogP contribution >= 0.6 is 0 Å². The van der Waals surface area contributed by atoms with Gasteiger partial charge in [-0.2, -0.15) is 10.5 Å². The van der Waals surface area contributed by atoms with Gasteiger partial charge in [-0.25, -0.2) is 0 Å². The minimum atomic E-state index is -0.377. The number of para-hydroxylation sites is 2. The van der Waals surface area contributed by atoms with Gasteiger partial charge in [0.2, 0.25) is 0 Å². The molecule has 3 aromatic rings. The Morgan fingerprint density at radius 3 is 2.19 bits per heavy atom. The molecule has 0 bridgehead atoms. The third kappa shape index (κ3) is 3.66. The maximum Gasteiger partial charge on any atom is 0.257 e. The SMILES string of the molecule is N#Cc1ccccc1NC(=O)c1cncc(Nc2ccccc2C#N)c1. The fourth-order valence-electron chi connectivity index (χ4n) is 2.36. The number of nitriles is 2. The van der Waals surface area contributed by atoms with E-state index in [-0.39, 0.29) is 5.91 Å². The lowest BCUT2D eigenvalue weighted by molar-refractivity contribution is 0.102. The van der Waals surface area contributed by atoms with E-state index in [1.807, 2.05) is 12.1 Å². The van der Waals surface area contributed by atoms with Crippen LogP contribution in [0.15, 0.2) is 67.0 Å². The lowest BCUT2D eigenvalue weighted by Gasteiger charge is -2.10. The van der Waals surface area contributed by atoms with E-state index in [1.54, 1.807) is 54.7 Å². The van der Waals surface area contributed by atoms with Crippen molar-refractivity contribution >= 4 is 23.0 Å². The normalized spacial score (nSPS) is 9.62. The van der Waals surface area contributed by atoms with Crippen molar-refractivity contribution in [2.45, 2.75) is 0 Å². The topological polar surface area (TPSA) is 102 Å². The van der Waals surface area contributed by atoms with Gasteiger partial charge in [-0.3, -0.25) is 9.78 Å². The molecule has 1 amide bonds. The molecule has 0 saturated heterocycles. The third-order valence-corrected chi connectivity index (χ3v) is 3.62. The molecule has 2 aromatic carbocycles. The molecule has 2 N–H and O–H groups in total. The summed E-state index contributed by atoms with van der Waals surface area (Å²) in [6.07, 6.45) is 3.00. The summed E-state index contributed by atoms with van der Waals surface area (Å²) in [7, 11) is 0. The summed E-state index contributed by atoms with van der Waals surface area (Å²) in [6.45, 7) is 0. The van der Waals surface area contributed by atoms with Crippen LogP contribution < -0.4 is 10.6 Å². The Bertz CT molecular complexity index is 1050. The first-order valence-corrected chi connectivity index (χ1v) is 7.73. The molecule has 0 saturated carbocycles. The molecule has 0 aliphatic carbocycles. The Morgan fingerprint density at radius 1 is 0.885 bits per heavy atom. The van der Waals surface area contributed by atoms with E-state index in [1.165, 1.54) is 6.20 Å². The van der Waals surface area contributed by atoms with E-state index in [0.717, 1.165) is 0 Å². The molecule has 0 fully saturated rings. The van der Waals surface area contributed by atoms with Gasteiger partial charge in [0.15, 0.2) is 0 Å².